The zero-order valence-corrected chi connectivity index (χ0v) is 11.7. The Labute approximate surface area is 108 Å². The van der Waals surface area contributed by atoms with Gasteiger partial charge in [-0.1, -0.05) is 58.3 Å². The van der Waals surface area contributed by atoms with E-state index in [-0.39, 0.29) is 0 Å². The lowest BCUT2D eigenvalue weighted by Gasteiger charge is -2.25. The average molecular weight is 237 g/mol. The predicted octanol–water partition coefficient (Wildman–Crippen LogP) is 4.52. The molecular formula is C16H31N. The lowest BCUT2D eigenvalue weighted by atomic mass is 9.89. The summed E-state index contributed by atoms with van der Waals surface area (Å²) in [5.74, 6) is 2.11. The van der Waals surface area contributed by atoms with Crippen LogP contribution in [0.15, 0.2) is 0 Å². The van der Waals surface area contributed by atoms with Crippen LogP contribution in [0.3, 0.4) is 0 Å². The van der Waals surface area contributed by atoms with Crippen LogP contribution >= 0.6 is 0 Å². The first-order valence-corrected chi connectivity index (χ1v) is 8.13. The van der Waals surface area contributed by atoms with Crippen molar-refractivity contribution in [1.82, 2.24) is 5.32 Å². The minimum Gasteiger partial charge on any atom is -0.314 e. The van der Waals surface area contributed by atoms with Gasteiger partial charge in [-0.05, 0) is 37.6 Å². The van der Waals surface area contributed by atoms with Crippen LogP contribution in [0.5, 0.6) is 0 Å². The lowest BCUT2D eigenvalue weighted by Crippen LogP contribution is -2.32. The molecule has 0 bridgehead atoms. The van der Waals surface area contributed by atoms with Gasteiger partial charge in [-0.3, -0.25) is 0 Å². The maximum absolute atomic E-state index is 3.81. The standard InChI is InChI=1S/C16H31N/c1-2-7-14-8-6-9-15(14)12-13-17-16-10-4-3-5-11-16/h14-17H,2-13H2,1H3/t14-,15+/m1/s1. The molecule has 0 radical (unpaired) electrons. The Bertz CT molecular complexity index is 196. The number of hydrogen-bond acceptors (Lipinski definition) is 1. The molecule has 0 saturated heterocycles. The summed E-state index contributed by atoms with van der Waals surface area (Å²) in [6.45, 7) is 3.63. The SMILES string of the molecule is CCC[C@@H]1CCC[C@H]1CCNC1CCCCC1. The second-order valence-corrected chi connectivity index (χ2v) is 6.32. The summed E-state index contributed by atoms with van der Waals surface area (Å²) < 4.78 is 0. The molecule has 0 amide bonds. The summed E-state index contributed by atoms with van der Waals surface area (Å²) >= 11 is 0. The topological polar surface area (TPSA) is 12.0 Å². The molecule has 0 aromatic carbocycles. The van der Waals surface area contributed by atoms with Crippen molar-refractivity contribution in [1.29, 1.82) is 0 Å². The van der Waals surface area contributed by atoms with Gasteiger partial charge in [0.2, 0.25) is 0 Å². The zero-order chi connectivity index (χ0) is 11.9. The molecule has 2 atom stereocenters. The highest BCUT2D eigenvalue weighted by Crippen LogP contribution is 2.36. The first kappa shape index (κ1) is 13.4. The van der Waals surface area contributed by atoms with Crippen LogP contribution in [0.1, 0.15) is 77.6 Å². The van der Waals surface area contributed by atoms with E-state index in [4.69, 9.17) is 0 Å². The minimum atomic E-state index is 0.856. The molecule has 0 heterocycles. The van der Waals surface area contributed by atoms with Gasteiger partial charge < -0.3 is 5.32 Å². The van der Waals surface area contributed by atoms with Gasteiger partial charge in [0.1, 0.15) is 0 Å². The Morgan fingerprint density at radius 1 is 0.824 bits per heavy atom. The molecule has 1 heteroatoms. The third-order valence-corrected chi connectivity index (χ3v) is 5.03. The third kappa shape index (κ3) is 4.28. The van der Waals surface area contributed by atoms with Crippen LogP contribution in [0.2, 0.25) is 0 Å². The van der Waals surface area contributed by atoms with E-state index in [1.165, 1.54) is 77.2 Å². The van der Waals surface area contributed by atoms with Crippen molar-refractivity contribution in [3.05, 3.63) is 0 Å². The Morgan fingerprint density at radius 2 is 1.53 bits per heavy atom. The van der Waals surface area contributed by atoms with Gasteiger partial charge in [-0.2, -0.15) is 0 Å². The Balaban J connectivity index is 1.60. The van der Waals surface area contributed by atoms with Crippen LogP contribution in [0.25, 0.3) is 0 Å². The monoisotopic (exact) mass is 237 g/mol. The van der Waals surface area contributed by atoms with Gasteiger partial charge in [0.15, 0.2) is 0 Å². The highest BCUT2D eigenvalue weighted by molar-refractivity contribution is 4.79. The van der Waals surface area contributed by atoms with Crippen LogP contribution in [-0.2, 0) is 0 Å². The normalized spacial score (nSPS) is 30.9. The molecule has 0 aromatic rings. The van der Waals surface area contributed by atoms with Crippen LogP contribution in [-0.4, -0.2) is 12.6 Å². The molecule has 0 spiro atoms. The maximum atomic E-state index is 3.81. The van der Waals surface area contributed by atoms with Crippen molar-refractivity contribution >= 4 is 0 Å². The molecule has 2 aliphatic carbocycles. The highest BCUT2D eigenvalue weighted by Gasteiger charge is 2.26. The van der Waals surface area contributed by atoms with E-state index in [1.54, 1.807) is 0 Å². The summed E-state index contributed by atoms with van der Waals surface area (Å²) in [6.07, 6.45) is 16.1. The maximum Gasteiger partial charge on any atom is 0.00670 e. The summed E-state index contributed by atoms with van der Waals surface area (Å²) in [6, 6.07) is 0.856. The highest BCUT2D eigenvalue weighted by atomic mass is 14.9. The van der Waals surface area contributed by atoms with Crippen molar-refractivity contribution in [2.24, 2.45) is 11.8 Å². The Kier molecular flexibility index (Phi) is 5.84. The van der Waals surface area contributed by atoms with E-state index in [9.17, 15) is 0 Å². The average Bonchev–Trinajstić information content (AvgIpc) is 2.79. The number of nitrogens with one attached hydrogen (secondary N) is 1. The van der Waals surface area contributed by atoms with E-state index >= 15 is 0 Å². The minimum absolute atomic E-state index is 0.856. The summed E-state index contributed by atoms with van der Waals surface area (Å²) in [5, 5.41) is 3.81. The second kappa shape index (κ2) is 7.41. The van der Waals surface area contributed by atoms with Crippen molar-refractivity contribution in [2.45, 2.75) is 83.6 Å². The van der Waals surface area contributed by atoms with Crippen molar-refractivity contribution < 1.29 is 0 Å². The molecule has 0 unspecified atom stereocenters. The predicted molar refractivity (Wildman–Crippen MR) is 75.2 cm³/mol. The first-order chi connectivity index (χ1) is 8.40. The Hall–Kier alpha value is -0.0400. The summed E-state index contributed by atoms with van der Waals surface area (Å²) in [4.78, 5) is 0. The van der Waals surface area contributed by atoms with Crippen LogP contribution in [0, 0.1) is 11.8 Å². The fraction of sp³-hybridized carbons (Fsp3) is 1.00. The molecule has 1 N–H and O–H groups in total. The van der Waals surface area contributed by atoms with Gasteiger partial charge in [0, 0.05) is 6.04 Å². The molecule has 2 fully saturated rings. The van der Waals surface area contributed by atoms with Gasteiger partial charge in [0.05, 0.1) is 0 Å². The third-order valence-electron chi connectivity index (χ3n) is 5.03. The van der Waals surface area contributed by atoms with E-state index in [0.717, 1.165) is 17.9 Å². The van der Waals surface area contributed by atoms with Crippen molar-refractivity contribution in [3.63, 3.8) is 0 Å². The first-order valence-electron chi connectivity index (χ1n) is 8.13. The molecular weight excluding hydrogens is 206 g/mol. The van der Waals surface area contributed by atoms with Gasteiger partial charge >= 0.3 is 0 Å². The molecule has 2 rings (SSSR count). The van der Waals surface area contributed by atoms with Crippen LogP contribution < -0.4 is 5.32 Å². The molecule has 2 aliphatic rings. The van der Waals surface area contributed by atoms with Gasteiger partial charge in [-0.15, -0.1) is 0 Å². The van der Waals surface area contributed by atoms with Crippen molar-refractivity contribution in [2.75, 3.05) is 6.54 Å². The molecule has 0 aromatic heterocycles. The van der Waals surface area contributed by atoms with Gasteiger partial charge in [-0.25, -0.2) is 0 Å². The fourth-order valence-electron chi connectivity index (χ4n) is 4.02. The second-order valence-electron chi connectivity index (χ2n) is 6.32. The van der Waals surface area contributed by atoms with E-state index in [1.807, 2.05) is 0 Å². The largest absolute Gasteiger partial charge is 0.314 e. The van der Waals surface area contributed by atoms with Gasteiger partial charge in [0.25, 0.3) is 0 Å². The van der Waals surface area contributed by atoms with E-state index in [2.05, 4.69) is 12.2 Å². The molecule has 0 aliphatic heterocycles. The Morgan fingerprint density at radius 3 is 2.24 bits per heavy atom. The van der Waals surface area contributed by atoms with Crippen LogP contribution in [0.4, 0.5) is 0 Å². The molecule has 2 saturated carbocycles. The smallest absolute Gasteiger partial charge is 0.00670 e. The molecule has 17 heavy (non-hydrogen) atoms. The number of rotatable bonds is 6. The molecule has 100 valence electrons. The summed E-state index contributed by atoms with van der Waals surface area (Å²) in [7, 11) is 0. The number of hydrogen-bond donors (Lipinski definition) is 1. The lowest BCUT2D eigenvalue weighted by molar-refractivity contribution is 0.313. The van der Waals surface area contributed by atoms with Crippen molar-refractivity contribution in [3.8, 4) is 0 Å². The quantitative estimate of drug-likeness (QED) is 0.716. The van der Waals surface area contributed by atoms with E-state index < -0.39 is 0 Å². The molecule has 1 nitrogen and oxygen atoms in total. The van der Waals surface area contributed by atoms with E-state index in [0.29, 0.717) is 0 Å². The summed E-state index contributed by atoms with van der Waals surface area (Å²) in [5.41, 5.74) is 0. The zero-order valence-electron chi connectivity index (χ0n) is 11.7. The fourth-order valence-corrected chi connectivity index (χ4v) is 4.02.